The average molecular weight is 423 g/mol. The first-order chi connectivity index (χ1) is 15.1. The number of carboxylic acid groups (broad SMARTS) is 1. The van der Waals surface area contributed by atoms with Crippen molar-refractivity contribution >= 4 is 11.8 Å². The smallest absolute Gasteiger partial charge is 0.316 e. The van der Waals surface area contributed by atoms with Crippen LogP contribution >= 0.6 is 0 Å². The first-order valence-corrected chi connectivity index (χ1v) is 10.3. The molecule has 3 aromatic rings. The molecule has 10 nitrogen and oxygen atoms in total. The van der Waals surface area contributed by atoms with E-state index < -0.39 is 12.0 Å². The molecule has 4 heterocycles. The Balaban J connectivity index is 1.40. The first-order valence-electron chi connectivity index (χ1n) is 10.3. The van der Waals surface area contributed by atoms with Gasteiger partial charge in [0.2, 0.25) is 0 Å². The number of methoxy groups -OCH3 is 1. The fourth-order valence-electron chi connectivity index (χ4n) is 3.63. The van der Waals surface area contributed by atoms with Crippen molar-refractivity contribution in [2.24, 2.45) is 0 Å². The molecule has 0 unspecified atom stereocenters. The van der Waals surface area contributed by atoms with E-state index in [0.717, 1.165) is 55.9 Å². The van der Waals surface area contributed by atoms with E-state index in [9.17, 15) is 9.90 Å². The summed E-state index contributed by atoms with van der Waals surface area (Å²) in [5.74, 6) is 0.0553. The van der Waals surface area contributed by atoms with Gasteiger partial charge in [-0.2, -0.15) is 15.0 Å². The van der Waals surface area contributed by atoms with Gasteiger partial charge in [-0.3, -0.25) is 4.79 Å². The highest BCUT2D eigenvalue weighted by atomic mass is 16.5. The molecule has 0 saturated carbocycles. The zero-order valence-corrected chi connectivity index (χ0v) is 17.4. The number of ether oxygens (including phenoxy) is 1. The predicted octanol–water partition coefficient (Wildman–Crippen LogP) is 2.07. The van der Waals surface area contributed by atoms with Gasteiger partial charge >= 0.3 is 12.0 Å². The monoisotopic (exact) mass is 423 g/mol. The minimum absolute atomic E-state index is 0.171. The van der Waals surface area contributed by atoms with E-state index in [1.807, 2.05) is 0 Å². The maximum atomic E-state index is 11.4. The number of nitrogens with one attached hydrogen (secondary N) is 1. The molecule has 0 amide bonds. The summed E-state index contributed by atoms with van der Waals surface area (Å²) >= 11 is 0. The van der Waals surface area contributed by atoms with Crippen molar-refractivity contribution in [1.82, 2.24) is 29.9 Å². The largest absolute Gasteiger partial charge is 0.481 e. The molecule has 162 valence electrons. The van der Waals surface area contributed by atoms with E-state index in [1.165, 1.54) is 29.9 Å². The second-order valence-electron chi connectivity index (χ2n) is 7.47. The van der Waals surface area contributed by atoms with E-state index in [4.69, 9.17) is 9.72 Å². The average Bonchev–Trinajstić information content (AvgIpc) is 3.26. The number of carboxylic acids is 1. The minimum Gasteiger partial charge on any atom is -0.481 e. The molecule has 0 aromatic carbocycles. The van der Waals surface area contributed by atoms with Crippen LogP contribution in [0.5, 0.6) is 6.01 Å². The molecular weight excluding hydrogens is 398 g/mol. The van der Waals surface area contributed by atoms with Gasteiger partial charge < -0.3 is 15.2 Å². The Kier molecular flexibility index (Phi) is 6.34. The molecular formula is C21H25N7O3. The third-order valence-corrected chi connectivity index (χ3v) is 5.24. The number of aliphatic carboxylic acids is 1. The Labute approximate surface area is 179 Å². The van der Waals surface area contributed by atoms with Crippen LogP contribution in [0.25, 0.3) is 0 Å². The van der Waals surface area contributed by atoms with Crippen LogP contribution in [0.2, 0.25) is 0 Å². The summed E-state index contributed by atoms with van der Waals surface area (Å²) in [6.45, 7) is 0.975. The molecule has 2 N–H and O–H groups in total. The van der Waals surface area contributed by atoms with Crippen molar-refractivity contribution in [2.45, 2.75) is 44.6 Å². The molecule has 1 aliphatic heterocycles. The Bertz CT molecular complexity index is 1040. The van der Waals surface area contributed by atoms with E-state index in [0.29, 0.717) is 5.56 Å². The molecule has 1 aliphatic rings. The van der Waals surface area contributed by atoms with Crippen LogP contribution in [-0.2, 0) is 24.1 Å². The number of nitrogens with zero attached hydrogens (tertiary/aromatic N) is 6. The number of hydrogen-bond donors (Lipinski definition) is 2. The molecule has 3 aromatic heterocycles. The van der Waals surface area contributed by atoms with Crippen LogP contribution in [0.15, 0.2) is 30.7 Å². The number of aromatic nitrogens is 6. The number of rotatable bonds is 9. The molecule has 0 spiro atoms. The molecule has 31 heavy (non-hydrogen) atoms. The van der Waals surface area contributed by atoms with Crippen molar-refractivity contribution in [3.63, 3.8) is 0 Å². The number of aryl methyl sites for hydroxylation is 3. The first kappa shape index (κ1) is 20.7. The van der Waals surface area contributed by atoms with Crippen LogP contribution in [-0.4, -0.2) is 54.7 Å². The summed E-state index contributed by atoms with van der Waals surface area (Å²) in [5, 5.41) is 21.5. The fourth-order valence-corrected chi connectivity index (χ4v) is 3.63. The van der Waals surface area contributed by atoms with Crippen molar-refractivity contribution in [3.8, 4) is 6.01 Å². The van der Waals surface area contributed by atoms with Crippen molar-refractivity contribution in [3.05, 3.63) is 53.2 Å². The minimum atomic E-state index is -0.952. The molecule has 4 rings (SSSR count). The molecule has 0 fully saturated rings. The number of anilines is 1. The summed E-state index contributed by atoms with van der Waals surface area (Å²) in [6.07, 6.45) is 9.26. The summed E-state index contributed by atoms with van der Waals surface area (Å²) in [4.78, 5) is 25.6. The van der Waals surface area contributed by atoms with E-state index in [1.54, 1.807) is 6.20 Å². The molecule has 0 saturated heterocycles. The number of hydrogen-bond acceptors (Lipinski definition) is 8. The Hall–Kier alpha value is -3.56. The van der Waals surface area contributed by atoms with Crippen molar-refractivity contribution < 1.29 is 14.6 Å². The fraction of sp³-hybridized carbons (Fsp3) is 0.429. The Morgan fingerprint density at radius 1 is 1.23 bits per heavy atom. The highest BCUT2D eigenvalue weighted by Crippen LogP contribution is 2.22. The standard InChI is InChI=1S/C21H25N7O3/c1-31-21-23-11-15(12-24-21)18(10-19(29)30)28-25-13-17(27-28)6-2-5-16-8-7-14-4-3-9-22-20(14)26-16/h7-8,11-13,18H,2-6,9-10H2,1H3,(H,22,26)(H,29,30)/t18-/m1/s1. The molecule has 1 atom stereocenters. The lowest BCUT2D eigenvalue weighted by atomic mass is 10.1. The van der Waals surface area contributed by atoms with Gasteiger partial charge in [0.15, 0.2) is 0 Å². The lowest BCUT2D eigenvalue weighted by Crippen LogP contribution is -2.18. The van der Waals surface area contributed by atoms with Gasteiger partial charge in [-0.1, -0.05) is 6.07 Å². The number of fused-ring (bicyclic) bond motifs is 1. The second kappa shape index (κ2) is 9.50. The summed E-state index contributed by atoms with van der Waals surface area (Å²) in [6, 6.07) is 3.88. The topological polar surface area (TPSA) is 128 Å². The van der Waals surface area contributed by atoms with Gasteiger partial charge in [0.1, 0.15) is 11.9 Å². The zero-order valence-electron chi connectivity index (χ0n) is 17.4. The maximum Gasteiger partial charge on any atom is 0.316 e. The van der Waals surface area contributed by atoms with Crippen molar-refractivity contribution in [1.29, 1.82) is 0 Å². The van der Waals surface area contributed by atoms with Gasteiger partial charge in [0.25, 0.3) is 0 Å². The molecule has 0 radical (unpaired) electrons. The Morgan fingerprint density at radius 2 is 2.03 bits per heavy atom. The third kappa shape index (κ3) is 5.14. The lowest BCUT2D eigenvalue weighted by Gasteiger charge is -2.17. The Morgan fingerprint density at radius 3 is 2.81 bits per heavy atom. The van der Waals surface area contributed by atoms with Crippen LogP contribution in [0, 0.1) is 0 Å². The summed E-state index contributed by atoms with van der Waals surface area (Å²) in [7, 11) is 1.47. The highest BCUT2D eigenvalue weighted by molar-refractivity contribution is 5.67. The van der Waals surface area contributed by atoms with Crippen LogP contribution in [0.1, 0.15) is 47.8 Å². The van der Waals surface area contributed by atoms with E-state index >= 15 is 0 Å². The molecule has 0 bridgehead atoms. The van der Waals surface area contributed by atoms with Gasteiger partial charge in [-0.25, -0.2) is 15.0 Å². The second-order valence-corrected chi connectivity index (χ2v) is 7.47. The van der Waals surface area contributed by atoms with Gasteiger partial charge in [-0.15, -0.1) is 0 Å². The van der Waals surface area contributed by atoms with Gasteiger partial charge in [0, 0.05) is 30.2 Å². The van der Waals surface area contributed by atoms with Crippen molar-refractivity contribution in [2.75, 3.05) is 19.0 Å². The maximum absolute atomic E-state index is 11.4. The molecule has 10 heteroatoms. The van der Waals surface area contributed by atoms with Gasteiger partial charge in [0.05, 0.1) is 25.4 Å². The van der Waals surface area contributed by atoms with Crippen LogP contribution in [0.4, 0.5) is 5.82 Å². The van der Waals surface area contributed by atoms with Crippen LogP contribution < -0.4 is 10.1 Å². The number of pyridine rings is 1. The zero-order chi connectivity index (χ0) is 21.6. The lowest BCUT2D eigenvalue weighted by molar-refractivity contribution is -0.137. The normalized spacial score (nSPS) is 13.8. The SMILES string of the molecule is COc1ncc([C@@H](CC(=O)O)n2ncc(CCCc3ccc4c(n3)NCCC4)n2)cn1. The summed E-state index contributed by atoms with van der Waals surface area (Å²) in [5.41, 5.74) is 3.75. The quantitative estimate of drug-likeness (QED) is 0.531. The summed E-state index contributed by atoms with van der Waals surface area (Å²) < 4.78 is 4.97. The highest BCUT2D eigenvalue weighted by Gasteiger charge is 2.21. The van der Waals surface area contributed by atoms with Crippen LogP contribution in [0.3, 0.4) is 0 Å². The number of carbonyl (C=O) groups is 1. The predicted molar refractivity (Wildman–Crippen MR) is 112 cm³/mol. The van der Waals surface area contributed by atoms with E-state index in [2.05, 4.69) is 37.6 Å². The third-order valence-electron chi connectivity index (χ3n) is 5.24. The molecule has 0 aliphatic carbocycles. The van der Waals surface area contributed by atoms with E-state index in [-0.39, 0.29) is 12.4 Å². The van der Waals surface area contributed by atoms with Gasteiger partial charge in [-0.05, 0) is 43.7 Å².